The summed E-state index contributed by atoms with van der Waals surface area (Å²) in [6, 6.07) is 19.0. The molecule has 0 heterocycles. The number of carboxylic acids is 2. The fourth-order valence-electron chi connectivity index (χ4n) is 5.47. The first-order chi connectivity index (χ1) is 41.5. The van der Waals surface area contributed by atoms with E-state index >= 15 is 0 Å². The van der Waals surface area contributed by atoms with E-state index in [1.165, 1.54) is 0 Å². The van der Waals surface area contributed by atoms with Gasteiger partial charge in [-0.25, -0.2) is 9.59 Å². The second kappa shape index (κ2) is 62.4. The van der Waals surface area contributed by atoms with Crippen molar-refractivity contribution in [2.75, 3.05) is 64.6 Å². The number of aliphatic hydroxyl groups excluding tert-OH is 1. The van der Waals surface area contributed by atoms with Gasteiger partial charge in [-0.15, -0.1) is 12.4 Å². The van der Waals surface area contributed by atoms with Crippen LogP contribution in [0.1, 0.15) is 163 Å². The van der Waals surface area contributed by atoms with Crippen LogP contribution in [0.15, 0.2) is 60.7 Å². The van der Waals surface area contributed by atoms with Crippen LogP contribution in [0.25, 0.3) is 0 Å². The molecule has 0 aromatic heterocycles. The summed E-state index contributed by atoms with van der Waals surface area (Å²) in [6.45, 7) is 18.3. The summed E-state index contributed by atoms with van der Waals surface area (Å²) in [5.41, 5.74) is 4.03. The van der Waals surface area contributed by atoms with Crippen LogP contribution in [0.4, 0.5) is 9.59 Å². The molecule has 0 spiro atoms. The van der Waals surface area contributed by atoms with Crippen molar-refractivity contribution in [3.05, 3.63) is 71.8 Å². The number of Topliss-reactive ketones (excluding diaryl/α,β-unsaturated/α-hetero) is 3. The van der Waals surface area contributed by atoms with Gasteiger partial charge in [-0.1, -0.05) is 76.6 Å². The minimum atomic E-state index is -0.959. The number of hydrogen-bond acceptors (Lipinski definition) is 21. The van der Waals surface area contributed by atoms with E-state index in [0.717, 1.165) is 36.1 Å². The standard InChI is InChI=1S/C21H29NO7.C14H23NO7.C11H13BrO2.C9H15NO5.C4H10O.C2H6O.2ClH/c1-21(2,3)29-20(26)22-14-17(23)11-12-19(25)27-13-7-10-18(24)28-15-16-8-5-4-6-9-16;1-14(2,3)22-13(20)15-9-10(16)6-7-12(19)21-8-4-5-11(17)18;12-8-4-7-11(13)14-9-10-5-2-1-3-6-10;10-6-7(11)3-4-9(14)15-5-1-2-8(12)13;1-3-5-4-2;1-2-3;;/h4-6,8-9H,7,10-15H2,1-3H3,(H,22,26);4-9H2,1-3H3,(H,15,20)(H,17,18);1-3,5-6H,4,7-9H2;1-6,10H2,(H,12,13);3-4H2,1-2H3;3H,2H2,1H3;2*1H. The third-order valence-electron chi connectivity index (χ3n) is 9.55. The highest BCUT2D eigenvalue weighted by Gasteiger charge is 2.19. The van der Waals surface area contributed by atoms with Crippen molar-refractivity contribution < 1.29 is 129 Å². The molecule has 2 aromatic carbocycles. The topological polar surface area (TPSA) is 391 Å². The Morgan fingerprint density at radius 2 is 0.767 bits per heavy atom. The maximum Gasteiger partial charge on any atom is 0.408 e. The molecule has 0 aliphatic carbocycles. The molecular weight excluding hydrogens is 1290 g/mol. The number of ether oxygens (including phenoxy) is 8. The SMILES string of the molecule is CC(C)(C)OC(=O)NCC(=O)CCC(=O)OCCCC(=O)O.CC(C)(C)OC(=O)NCC(=O)CCC(=O)OCCCC(=O)OCc1ccccc1.CCO.CCOCC.Cl.O=C(CCCBr)OCc1ccccc1.[Cl-].[NH3+]CC(=O)CCC(=O)OCCCC(=O)O. The molecule has 0 fully saturated rings. The Balaban J connectivity index is -0.000000257. The number of alkyl halides is 1. The first-order valence-corrected chi connectivity index (χ1v) is 29.9. The number of ketones is 3. The summed E-state index contributed by atoms with van der Waals surface area (Å²) in [4.78, 5) is 134. The smallest absolute Gasteiger partial charge is 0.408 e. The summed E-state index contributed by atoms with van der Waals surface area (Å²) in [5, 5.41) is 29.7. The zero-order valence-corrected chi connectivity index (χ0v) is 56.7. The maximum absolute atomic E-state index is 11.7. The largest absolute Gasteiger partial charge is 1.00 e. The number of carbonyl (C=O) groups is 12. The summed E-state index contributed by atoms with van der Waals surface area (Å²) in [6.07, 6.45) is 0.707. The number of carboxylic acid groups (broad SMARTS) is 2. The Kier molecular flexibility index (Phi) is 65.4. The molecule has 2 rings (SSSR count). The number of esters is 5. The summed E-state index contributed by atoms with van der Waals surface area (Å²) in [5.74, 6) is -4.67. The van der Waals surface area contributed by atoms with Gasteiger partial charge in [-0.05, 0) is 99.1 Å². The quantitative estimate of drug-likeness (QED) is 0.0238. The van der Waals surface area contributed by atoms with Gasteiger partial charge in [0.05, 0.1) is 52.2 Å². The number of hydrogen-bond donors (Lipinski definition) is 6. The lowest BCUT2D eigenvalue weighted by Gasteiger charge is -2.19. The summed E-state index contributed by atoms with van der Waals surface area (Å²) in [7, 11) is 0. The predicted octanol–water partition coefficient (Wildman–Crippen LogP) is 4.55. The van der Waals surface area contributed by atoms with Crippen LogP contribution in [-0.4, -0.2) is 162 Å². The molecule has 516 valence electrons. The molecule has 8 N–H and O–H groups in total. The highest BCUT2D eigenvalue weighted by atomic mass is 79.9. The molecule has 0 saturated carbocycles. The van der Waals surface area contributed by atoms with Gasteiger partial charge in [0.2, 0.25) is 0 Å². The molecule has 0 saturated heterocycles. The third-order valence-corrected chi connectivity index (χ3v) is 10.1. The van der Waals surface area contributed by atoms with Gasteiger partial charge < -0.3 is 82.0 Å². The van der Waals surface area contributed by atoms with E-state index < -0.39 is 53.2 Å². The van der Waals surface area contributed by atoms with Crippen molar-refractivity contribution in [2.45, 2.75) is 177 Å². The number of quaternary nitrogens is 1. The highest BCUT2D eigenvalue weighted by molar-refractivity contribution is 9.09. The molecule has 26 nitrogen and oxygen atoms in total. The number of halogens is 3. The van der Waals surface area contributed by atoms with E-state index in [1.54, 1.807) is 48.5 Å². The molecule has 2 amide bonds. The fourth-order valence-corrected chi connectivity index (χ4v) is 5.75. The number of aliphatic carboxylic acids is 2. The Morgan fingerprint density at radius 3 is 1.04 bits per heavy atom. The Labute approximate surface area is 549 Å². The number of alkyl carbamates (subject to hydrolysis) is 2. The Hall–Kier alpha value is -6.78. The molecule has 90 heavy (non-hydrogen) atoms. The molecule has 2 aromatic rings. The molecule has 0 aliphatic heterocycles. The molecular formula is C61H98BrCl2N3O23. The lowest BCUT2D eigenvalue weighted by atomic mass is 10.2. The minimum Gasteiger partial charge on any atom is -1.00 e. The van der Waals surface area contributed by atoms with Crippen LogP contribution in [0.5, 0.6) is 0 Å². The molecule has 0 atom stereocenters. The third kappa shape index (κ3) is 75.5. The number of carbonyl (C=O) groups excluding carboxylic acids is 10. The molecule has 0 unspecified atom stereocenters. The maximum atomic E-state index is 11.7. The zero-order chi connectivity index (χ0) is 67.6. The second-order valence-corrected chi connectivity index (χ2v) is 20.8. The van der Waals surface area contributed by atoms with Gasteiger partial charge in [0.15, 0.2) is 17.3 Å². The Morgan fingerprint density at radius 1 is 0.467 bits per heavy atom. The van der Waals surface area contributed by atoms with Crippen LogP contribution in [0.2, 0.25) is 0 Å². The minimum absolute atomic E-state index is 0. The van der Waals surface area contributed by atoms with E-state index in [-0.39, 0.29) is 171 Å². The van der Waals surface area contributed by atoms with Crippen molar-refractivity contribution in [3.8, 4) is 0 Å². The van der Waals surface area contributed by atoms with Gasteiger partial charge in [0, 0.05) is 70.1 Å². The first kappa shape index (κ1) is 94.3. The monoisotopic (exact) mass is 1390 g/mol. The average Bonchev–Trinajstić information content (AvgIpc) is 3.60. The molecule has 0 aliphatic rings. The Bertz CT molecular complexity index is 2280. The number of rotatable bonds is 35. The van der Waals surface area contributed by atoms with Gasteiger partial charge in [0.25, 0.3) is 0 Å². The van der Waals surface area contributed by atoms with Crippen molar-refractivity contribution >= 4 is 99.7 Å². The predicted molar refractivity (Wildman–Crippen MR) is 332 cm³/mol. The number of benzene rings is 2. The van der Waals surface area contributed by atoms with Gasteiger partial charge >= 0.3 is 54.0 Å². The van der Waals surface area contributed by atoms with Crippen molar-refractivity contribution in [1.29, 1.82) is 0 Å². The molecule has 0 radical (unpaired) electrons. The number of aliphatic hydroxyl groups is 1. The number of nitrogens with one attached hydrogen (secondary N) is 2. The van der Waals surface area contributed by atoms with E-state index in [9.17, 15) is 57.5 Å². The van der Waals surface area contributed by atoms with E-state index in [4.69, 9.17) is 53.2 Å². The van der Waals surface area contributed by atoms with Crippen LogP contribution >= 0.6 is 28.3 Å². The lowest BCUT2D eigenvalue weighted by molar-refractivity contribution is -0.354. The van der Waals surface area contributed by atoms with Crippen molar-refractivity contribution in [1.82, 2.24) is 10.6 Å². The van der Waals surface area contributed by atoms with Gasteiger partial charge in [0.1, 0.15) is 31.0 Å². The van der Waals surface area contributed by atoms with Crippen LogP contribution in [0, 0.1) is 0 Å². The van der Waals surface area contributed by atoms with Crippen LogP contribution in [-0.2, 0) is 99.1 Å². The van der Waals surface area contributed by atoms with E-state index in [1.807, 2.05) is 74.5 Å². The second-order valence-electron chi connectivity index (χ2n) is 20.0. The van der Waals surface area contributed by atoms with Crippen molar-refractivity contribution in [2.24, 2.45) is 0 Å². The fraction of sp³-hybridized carbons (Fsp3) is 0.607. The zero-order valence-electron chi connectivity index (χ0n) is 53.5. The van der Waals surface area contributed by atoms with Crippen LogP contribution in [0.3, 0.4) is 0 Å². The lowest BCUT2D eigenvalue weighted by Crippen LogP contribution is -3.00. The van der Waals surface area contributed by atoms with E-state index in [2.05, 4.69) is 32.3 Å². The molecule has 29 heteroatoms. The number of amides is 2. The van der Waals surface area contributed by atoms with Gasteiger partial charge in [-0.3, -0.25) is 47.9 Å². The van der Waals surface area contributed by atoms with Gasteiger partial charge in [-0.2, -0.15) is 0 Å². The summed E-state index contributed by atoms with van der Waals surface area (Å²) >= 11 is 3.27. The molecule has 0 bridgehead atoms. The van der Waals surface area contributed by atoms with E-state index in [0.29, 0.717) is 25.9 Å². The van der Waals surface area contributed by atoms with Crippen LogP contribution < -0.4 is 28.8 Å². The summed E-state index contributed by atoms with van der Waals surface area (Å²) < 4.78 is 39.5. The normalized spacial score (nSPS) is 9.87. The van der Waals surface area contributed by atoms with Crippen molar-refractivity contribution in [3.63, 3.8) is 0 Å². The highest BCUT2D eigenvalue weighted by Crippen LogP contribution is 2.09. The average molecular weight is 1390 g/mol. The first-order valence-electron chi connectivity index (χ1n) is 28.8.